The fourth-order valence-electron chi connectivity index (χ4n) is 5.00. The number of hydrazine groups is 1. The normalized spacial score (nSPS) is 18.4. The first-order valence-corrected chi connectivity index (χ1v) is 13.9. The summed E-state index contributed by atoms with van der Waals surface area (Å²) in [5, 5.41) is 3.90. The van der Waals surface area contributed by atoms with Gasteiger partial charge in [0.2, 0.25) is 0 Å². The van der Waals surface area contributed by atoms with Gasteiger partial charge in [-0.05, 0) is 64.3 Å². The van der Waals surface area contributed by atoms with E-state index in [1.165, 1.54) is 57.8 Å². The molecule has 0 aromatic heterocycles. The number of ether oxygens (including phenoxy) is 2. The van der Waals surface area contributed by atoms with Gasteiger partial charge in [0.15, 0.2) is 0 Å². The van der Waals surface area contributed by atoms with Gasteiger partial charge in [-0.15, -0.1) is 0 Å². The van der Waals surface area contributed by atoms with E-state index in [4.69, 9.17) is 9.47 Å². The van der Waals surface area contributed by atoms with E-state index < -0.39 is 0 Å². The third-order valence-electron chi connectivity index (χ3n) is 6.88. The number of carbonyl (C=O) groups excluding carboxylic acids is 1. The number of anilines is 1. The van der Waals surface area contributed by atoms with Crippen LogP contribution in [-0.4, -0.2) is 61.4 Å². The van der Waals surface area contributed by atoms with E-state index in [-0.39, 0.29) is 12.2 Å². The standard InChI is InChI=1S/C28H47N3O3/c1-3-4-5-6-7-14-22-33-27-17-15-16-26(23-27)31(30-20-12-9-13-21-30)28(32)34-25(2)24-29-18-10-8-11-19-29/h15-17,23,25H,3-14,18-22,24H2,1-2H3. The number of hydrogen-bond donors (Lipinski definition) is 0. The Morgan fingerprint density at radius 3 is 2.35 bits per heavy atom. The van der Waals surface area contributed by atoms with Crippen molar-refractivity contribution in [2.45, 2.75) is 97.0 Å². The number of piperidine rings is 2. The molecule has 0 bridgehead atoms. The van der Waals surface area contributed by atoms with Crippen LogP contribution < -0.4 is 9.75 Å². The van der Waals surface area contributed by atoms with Gasteiger partial charge >= 0.3 is 6.09 Å². The van der Waals surface area contributed by atoms with E-state index in [1.54, 1.807) is 5.01 Å². The van der Waals surface area contributed by atoms with Crippen molar-refractivity contribution in [3.63, 3.8) is 0 Å². The van der Waals surface area contributed by atoms with Gasteiger partial charge in [-0.25, -0.2) is 14.8 Å². The molecule has 1 aromatic rings. The molecule has 3 rings (SSSR count). The predicted octanol–water partition coefficient (Wildman–Crippen LogP) is 6.64. The second-order valence-electron chi connectivity index (χ2n) is 10.00. The fourth-order valence-corrected chi connectivity index (χ4v) is 5.00. The minimum absolute atomic E-state index is 0.134. The molecule has 1 aromatic carbocycles. The summed E-state index contributed by atoms with van der Waals surface area (Å²) in [6, 6.07) is 7.94. The maximum absolute atomic E-state index is 13.4. The average molecular weight is 474 g/mol. The number of hydrogen-bond acceptors (Lipinski definition) is 5. The molecule has 2 heterocycles. The topological polar surface area (TPSA) is 45.2 Å². The van der Waals surface area contributed by atoms with E-state index in [0.717, 1.165) is 70.0 Å². The van der Waals surface area contributed by atoms with Crippen LogP contribution in [0.1, 0.15) is 90.9 Å². The Kier molecular flexibility index (Phi) is 12.0. The zero-order chi connectivity index (χ0) is 24.0. The molecule has 2 fully saturated rings. The molecule has 1 atom stereocenters. The van der Waals surface area contributed by atoms with Gasteiger partial charge in [-0.1, -0.05) is 57.9 Å². The molecule has 6 nitrogen and oxygen atoms in total. The molecule has 2 aliphatic heterocycles. The van der Waals surface area contributed by atoms with E-state index in [1.807, 2.05) is 31.2 Å². The maximum atomic E-state index is 13.4. The lowest BCUT2D eigenvalue weighted by Crippen LogP contribution is -2.50. The van der Waals surface area contributed by atoms with Gasteiger partial charge in [-0.3, -0.25) is 4.90 Å². The summed E-state index contributed by atoms with van der Waals surface area (Å²) in [5.41, 5.74) is 0.831. The molecule has 2 aliphatic rings. The highest BCUT2D eigenvalue weighted by molar-refractivity contribution is 5.87. The van der Waals surface area contributed by atoms with Gasteiger partial charge in [0.05, 0.1) is 12.3 Å². The third kappa shape index (κ3) is 9.10. The van der Waals surface area contributed by atoms with Crippen LogP contribution in [0.3, 0.4) is 0 Å². The minimum Gasteiger partial charge on any atom is -0.494 e. The number of unbranched alkanes of at least 4 members (excludes halogenated alkanes) is 5. The second-order valence-corrected chi connectivity index (χ2v) is 10.00. The molecule has 0 radical (unpaired) electrons. The first-order valence-electron chi connectivity index (χ1n) is 13.9. The molecule has 6 heteroatoms. The lowest BCUT2D eigenvalue weighted by molar-refractivity contribution is 0.0649. The summed E-state index contributed by atoms with van der Waals surface area (Å²) in [6.07, 6.45) is 14.3. The lowest BCUT2D eigenvalue weighted by atomic mass is 10.1. The van der Waals surface area contributed by atoms with Crippen molar-refractivity contribution < 1.29 is 14.3 Å². The number of rotatable bonds is 13. The van der Waals surface area contributed by atoms with E-state index in [9.17, 15) is 4.79 Å². The zero-order valence-corrected chi connectivity index (χ0v) is 21.7. The van der Waals surface area contributed by atoms with E-state index >= 15 is 0 Å². The van der Waals surface area contributed by atoms with Crippen molar-refractivity contribution in [1.82, 2.24) is 9.91 Å². The van der Waals surface area contributed by atoms with Crippen molar-refractivity contribution in [1.29, 1.82) is 0 Å². The summed E-state index contributed by atoms with van der Waals surface area (Å²) in [6.45, 7) is 9.75. The highest BCUT2D eigenvalue weighted by Crippen LogP contribution is 2.26. The summed E-state index contributed by atoms with van der Waals surface area (Å²) < 4.78 is 12.0. The molecule has 1 amide bonds. The SMILES string of the molecule is CCCCCCCCOc1cccc(N(C(=O)OC(C)CN2CCCCC2)N2CCCCC2)c1. The number of carbonyl (C=O) groups is 1. The lowest BCUT2D eigenvalue weighted by Gasteiger charge is -2.37. The van der Waals surface area contributed by atoms with Gasteiger partial charge in [0.25, 0.3) is 0 Å². The Morgan fingerprint density at radius 1 is 0.941 bits per heavy atom. The first-order chi connectivity index (χ1) is 16.7. The number of amides is 1. The molecular formula is C28H47N3O3. The molecular weight excluding hydrogens is 426 g/mol. The minimum atomic E-state index is -0.278. The Balaban J connectivity index is 1.58. The van der Waals surface area contributed by atoms with Crippen LogP contribution in [-0.2, 0) is 4.74 Å². The molecule has 2 saturated heterocycles. The van der Waals surface area contributed by atoms with Crippen molar-refractivity contribution >= 4 is 11.8 Å². The number of benzene rings is 1. The molecule has 0 saturated carbocycles. The summed E-state index contributed by atoms with van der Waals surface area (Å²) in [7, 11) is 0. The molecule has 0 aliphatic carbocycles. The Hall–Kier alpha value is -1.79. The smallest absolute Gasteiger partial charge is 0.429 e. The molecule has 0 N–H and O–H groups in total. The van der Waals surface area contributed by atoms with E-state index in [2.05, 4.69) is 16.8 Å². The Labute approximate surface area is 207 Å². The quantitative estimate of drug-likeness (QED) is 0.300. The molecule has 34 heavy (non-hydrogen) atoms. The highest BCUT2D eigenvalue weighted by atomic mass is 16.6. The maximum Gasteiger partial charge on any atom is 0.429 e. The summed E-state index contributed by atoms with van der Waals surface area (Å²) >= 11 is 0. The Morgan fingerprint density at radius 2 is 1.62 bits per heavy atom. The monoisotopic (exact) mass is 473 g/mol. The molecule has 1 unspecified atom stereocenters. The van der Waals surface area contributed by atoms with Crippen LogP contribution in [0.15, 0.2) is 24.3 Å². The summed E-state index contributed by atoms with van der Waals surface area (Å²) in [5.74, 6) is 0.822. The van der Waals surface area contributed by atoms with Gasteiger partial charge in [-0.2, -0.15) is 0 Å². The van der Waals surface area contributed by atoms with Crippen molar-refractivity contribution in [3.05, 3.63) is 24.3 Å². The first kappa shape index (κ1) is 26.8. The number of nitrogens with zero attached hydrogens (tertiary/aromatic N) is 3. The molecule has 192 valence electrons. The van der Waals surface area contributed by atoms with Crippen LogP contribution in [0.2, 0.25) is 0 Å². The van der Waals surface area contributed by atoms with Crippen molar-refractivity contribution in [2.75, 3.05) is 44.3 Å². The van der Waals surface area contributed by atoms with Crippen LogP contribution >= 0.6 is 0 Å². The van der Waals surface area contributed by atoms with Gasteiger partial charge in [0.1, 0.15) is 11.9 Å². The predicted molar refractivity (Wildman–Crippen MR) is 139 cm³/mol. The zero-order valence-electron chi connectivity index (χ0n) is 21.7. The van der Waals surface area contributed by atoms with E-state index in [0.29, 0.717) is 0 Å². The van der Waals surface area contributed by atoms with Crippen molar-refractivity contribution in [3.8, 4) is 5.75 Å². The average Bonchev–Trinajstić information content (AvgIpc) is 2.85. The Bertz CT molecular complexity index is 702. The largest absolute Gasteiger partial charge is 0.494 e. The van der Waals surface area contributed by atoms with Gasteiger partial charge < -0.3 is 9.47 Å². The second kappa shape index (κ2) is 15.3. The molecule has 0 spiro atoms. The van der Waals surface area contributed by atoms with Crippen LogP contribution in [0, 0.1) is 0 Å². The van der Waals surface area contributed by atoms with Crippen LogP contribution in [0.25, 0.3) is 0 Å². The van der Waals surface area contributed by atoms with Gasteiger partial charge in [0, 0.05) is 25.7 Å². The third-order valence-corrected chi connectivity index (χ3v) is 6.88. The fraction of sp³-hybridized carbons (Fsp3) is 0.750. The summed E-state index contributed by atoms with van der Waals surface area (Å²) in [4.78, 5) is 15.8. The van der Waals surface area contributed by atoms with Crippen LogP contribution in [0.5, 0.6) is 5.75 Å². The van der Waals surface area contributed by atoms with Crippen molar-refractivity contribution in [2.24, 2.45) is 0 Å². The number of likely N-dealkylation sites (tertiary alicyclic amines) is 1. The highest BCUT2D eigenvalue weighted by Gasteiger charge is 2.28. The van der Waals surface area contributed by atoms with Crippen LogP contribution in [0.4, 0.5) is 10.5 Å².